The molecule has 1 aliphatic carbocycles. The molecule has 5 rings (SSSR count). The lowest BCUT2D eigenvalue weighted by atomic mass is 10.1. The van der Waals surface area contributed by atoms with Gasteiger partial charge in [0.05, 0.1) is 29.0 Å². The molecule has 1 fully saturated rings. The minimum absolute atomic E-state index is 0.153. The van der Waals surface area contributed by atoms with Crippen molar-refractivity contribution in [3.8, 4) is 5.75 Å². The molecular weight excluding hydrogens is 386 g/mol. The Morgan fingerprint density at radius 3 is 2.71 bits per heavy atom. The van der Waals surface area contributed by atoms with Crippen LogP contribution in [-0.4, -0.2) is 41.2 Å². The summed E-state index contributed by atoms with van der Waals surface area (Å²) in [6.45, 7) is 5.89. The van der Waals surface area contributed by atoms with Crippen LogP contribution in [0.25, 0.3) is 16.6 Å². The van der Waals surface area contributed by atoms with E-state index in [-0.39, 0.29) is 6.10 Å². The quantitative estimate of drug-likeness (QED) is 0.601. The Balaban J connectivity index is 1.51. The molecule has 160 valence electrons. The molecule has 1 N–H and O–H groups in total. The van der Waals surface area contributed by atoms with Crippen molar-refractivity contribution >= 4 is 28.0 Å². The summed E-state index contributed by atoms with van der Waals surface area (Å²) in [7, 11) is 1.99. The summed E-state index contributed by atoms with van der Waals surface area (Å²) in [4.78, 5) is 12.0. The molecule has 0 bridgehead atoms. The Labute approximate surface area is 183 Å². The first kappa shape index (κ1) is 19.8. The Morgan fingerprint density at radius 1 is 1.13 bits per heavy atom. The number of hydrazine groups is 1. The van der Waals surface area contributed by atoms with Crippen molar-refractivity contribution < 1.29 is 4.74 Å². The minimum atomic E-state index is 0.153. The van der Waals surface area contributed by atoms with Crippen molar-refractivity contribution in [3.05, 3.63) is 60.6 Å². The van der Waals surface area contributed by atoms with Crippen LogP contribution in [-0.2, 0) is 0 Å². The van der Waals surface area contributed by atoms with Gasteiger partial charge in [0.25, 0.3) is 0 Å². The van der Waals surface area contributed by atoms with Crippen LogP contribution in [0.1, 0.15) is 32.4 Å². The van der Waals surface area contributed by atoms with E-state index >= 15 is 0 Å². The van der Waals surface area contributed by atoms with E-state index in [9.17, 15) is 0 Å². The van der Waals surface area contributed by atoms with E-state index in [1.54, 1.807) is 0 Å². The normalized spacial score (nSPS) is 16.1. The predicted octanol–water partition coefficient (Wildman–Crippen LogP) is 4.76. The second kappa shape index (κ2) is 8.19. The van der Waals surface area contributed by atoms with Gasteiger partial charge in [-0.15, -0.1) is 0 Å². The number of hydrogen-bond donors (Lipinski definition) is 1. The van der Waals surface area contributed by atoms with E-state index in [4.69, 9.17) is 9.72 Å². The van der Waals surface area contributed by atoms with Crippen molar-refractivity contribution in [2.75, 3.05) is 25.0 Å². The Morgan fingerprint density at radius 2 is 1.97 bits per heavy atom. The number of aromatic nitrogens is 2. The van der Waals surface area contributed by atoms with Crippen LogP contribution >= 0.6 is 0 Å². The largest absolute Gasteiger partial charge is 0.491 e. The second-order valence-electron chi connectivity index (χ2n) is 8.75. The van der Waals surface area contributed by atoms with Gasteiger partial charge in [-0.1, -0.05) is 6.07 Å². The van der Waals surface area contributed by atoms with Gasteiger partial charge in [0.2, 0.25) is 0 Å². The summed E-state index contributed by atoms with van der Waals surface area (Å²) >= 11 is 0. The Bertz CT molecular complexity index is 1120. The van der Waals surface area contributed by atoms with Crippen LogP contribution in [0.15, 0.2) is 54.9 Å². The fourth-order valence-electron chi connectivity index (χ4n) is 3.93. The summed E-state index contributed by atoms with van der Waals surface area (Å²) in [5.74, 6) is 1.65. The second-order valence-corrected chi connectivity index (χ2v) is 8.75. The summed E-state index contributed by atoms with van der Waals surface area (Å²) in [5.41, 5.74) is 9.46. The molecule has 0 amide bonds. The van der Waals surface area contributed by atoms with Gasteiger partial charge >= 0.3 is 0 Å². The molecular formula is C25H29N5O. The highest BCUT2D eigenvalue weighted by atomic mass is 16.5. The molecule has 1 aromatic heterocycles. The lowest BCUT2D eigenvalue weighted by Crippen LogP contribution is -2.23. The van der Waals surface area contributed by atoms with Crippen LogP contribution in [0.2, 0.25) is 0 Å². The summed E-state index contributed by atoms with van der Waals surface area (Å²) < 4.78 is 5.95. The van der Waals surface area contributed by atoms with Gasteiger partial charge in [-0.2, -0.15) is 0 Å². The van der Waals surface area contributed by atoms with Crippen LogP contribution in [0.3, 0.4) is 0 Å². The standard InChI is InChI=1S/C25H29N5O/c1-17(2)31-22-6-4-5-20(11-22)30(15-18-7-8-18)21-9-10-23-24(12-21)28-25(14-26-23)19-13-27-29(3)16-19/h4-6,9-12,14,16-18,27H,7-8,13,15H2,1-3H3. The van der Waals surface area contributed by atoms with Crippen molar-refractivity contribution in [1.82, 2.24) is 20.4 Å². The molecule has 31 heavy (non-hydrogen) atoms. The van der Waals surface area contributed by atoms with Crippen molar-refractivity contribution in [2.24, 2.45) is 5.92 Å². The molecule has 6 nitrogen and oxygen atoms in total. The molecule has 6 heteroatoms. The highest BCUT2D eigenvalue weighted by molar-refractivity contribution is 5.82. The molecule has 1 saturated carbocycles. The molecule has 0 radical (unpaired) electrons. The fraction of sp³-hybridized carbons (Fsp3) is 0.360. The first-order valence-corrected chi connectivity index (χ1v) is 11.0. The molecule has 0 saturated heterocycles. The highest BCUT2D eigenvalue weighted by Gasteiger charge is 2.26. The molecule has 1 aliphatic heterocycles. The maximum Gasteiger partial charge on any atom is 0.121 e. The predicted molar refractivity (Wildman–Crippen MR) is 125 cm³/mol. The highest BCUT2D eigenvalue weighted by Crippen LogP contribution is 2.37. The maximum absolute atomic E-state index is 5.95. The van der Waals surface area contributed by atoms with Gasteiger partial charge < -0.3 is 14.6 Å². The maximum atomic E-state index is 5.95. The van der Waals surface area contributed by atoms with Gasteiger partial charge in [-0.25, -0.2) is 10.4 Å². The zero-order chi connectivity index (χ0) is 21.4. The smallest absolute Gasteiger partial charge is 0.121 e. The van der Waals surface area contributed by atoms with Gasteiger partial charge in [0.1, 0.15) is 5.75 Å². The third-order valence-corrected chi connectivity index (χ3v) is 5.67. The average Bonchev–Trinajstić information content (AvgIpc) is 3.48. The van der Waals surface area contributed by atoms with E-state index in [2.05, 4.69) is 71.8 Å². The van der Waals surface area contributed by atoms with Crippen molar-refractivity contribution in [2.45, 2.75) is 32.8 Å². The minimum Gasteiger partial charge on any atom is -0.491 e. The van der Waals surface area contributed by atoms with Gasteiger partial charge in [-0.05, 0) is 62.9 Å². The number of nitrogens with zero attached hydrogens (tertiary/aromatic N) is 4. The van der Waals surface area contributed by atoms with Crippen LogP contribution in [0, 0.1) is 5.92 Å². The van der Waals surface area contributed by atoms with Gasteiger partial charge in [-0.3, -0.25) is 4.98 Å². The molecule has 3 aromatic rings. The summed E-state index contributed by atoms with van der Waals surface area (Å²) in [6, 6.07) is 14.8. The number of rotatable bonds is 7. The van der Waals surface area contributed by atoms with Crippen LogP contribution in [0.5, 0.6) is 5.75 Å². The number of anilines is 2. The number of nitrogens with one attached hydrogen (secondary N) is 1. The number of benzene rings is 2. The number of fused-ring (bicyclic) bond motifs is 1. The van der Waals surface area contributed by atoms with E-state index < -0.39 is 0 Å². The Hall–Kier alpha value is -3.12. The fourth-order valence-corrected chi connectivity index (χ4v) is 3.93. The number of ether oxygens (including phenoxy) is 1. The van der Waals surface area contributed by atoms with Crippen LogP contribution in [0.4, 0.5) is 11.4 Å². The summed E-state index contributed by atoms with van der Waals surface area (Å²) in [6.07, 6.45) is 6.68. The number of hydrogen-bond acceptors (Lipinski definition) is 6. The Kier molecular flexibility index (Phi) is 5.24. The first-order chi connectivity index (χ1) is 15.0. The zero-order valence-electron chi connectivity index (χ0n) is 18.4. The van der Waals surface area contributed by atoms with Gasteiger partial charge in [0, 0.05) is 49.4 Å². The lowest BCUT2D eigenvalue weighted by Gasteiger charge is -2.26. The topological polar surface area (TPSA) is 53.5 Å². The van der Waals surface area contributed by atoms with Crippen LogP contribution < -0.4 is 15.1 Å². The third kappa shape index (κ3) is 4.49. The molecule has 0 unspecified atom stereocenters. The third-order valence-electron chi connectivity index (χ3n) is 5.67. The lowest BCUT2D eigenvalue weighted by molar-refractivity contribution is 0.242. The van der Waals surface area contributed by atoms with E-state index in [1.807, 2.05) is 24.3 Å². The molecule has 2 aliphatic rings. The van der Waals surface area contributed by atoms with Crippen molar-refractivity contribution in [1.29, 1.82) is 0 Å². The summed E-state index contributed by atoms with van der Waals surface area (Å²) in [5, 5.41) is 1.96. The van der Waals surface area contributed by atoms with E-state index in [0.29, 0.717) is 0 Å². The molecule has 0 atom stereocenters. The molecule has 2 aromatic carbocycles. The monoisotopic (exact) mass is 415 g/mol. The first-order valence-electron chi connectivity index (χ1n) is 11.0. The SMILES string of the molecule is CC(C)Oc1cccc(N(CC2CC2)c2ccc3ncc(C4=CN(C)NC4)nc3c2)c1. The van der Waals surface area contributed by atoms with E-state index in [1.165, 1.54) is 12.8 Å². The zero-order valence-corrected chi connectivity index (χ0v) is 18.4. The van der Waals surface area contributed by atoms with Crippen molar-refractivity contribution in [3.63, 3.8) is 0 Å². The van der Waals surface area contributed by atoms with Gasteiger partial charge in [0.15, 0.2) is 0 Å². The average molecular weight is 416 g/mol. The molecule has 2 heterocycles. The molecule has 0 spiro atoms. The van der Waals surface area contributed by atoms with E-state index in [0.717, 1.165) is 58.4 Å².